The zero-order valence-electron chi connectivity index (χ0n) is 15.9. The number of carbonyl (C=O) groups excluding carboxylic acids is 1. The number of aromatic nitrogens is 1. The van der Waals surface area contributed by atoms with Gasteiger partial charge in [-0.1, -0.05) is 30.3 Å². The van der Waals surface area contributed by atoms with Gasteiger partial charge in [0.1, 0.15) is 24.3 Å². The van der Waals surface area contributed by atoms with Crippen molar-refractivity contribution >= 4 is 6.09 Å². The van der Waals surface area contributed by atoms with Gasteiger partial charge in [0.25, 0.3) is 0 Å². The smallest absolute Gasteiger partial charge is 0.407 e. The van der Waals surface area contributed by atoms with Gasteiger partial charge in [-0.3, -0.25) is 0 Å². The van der Waals surface area contributed by atoms with Gasteiger partial charge in [-0.25, -0.2) is 9.78 Å². The van der Waals surface area contributed by atoms with Gasteiger partial charge in [0.2, 0.25) is 5.88 Å². The Labute approximate surface area is 164 Å². The van der Waals surface area contributed by atoms with Gasteiger partial charge in [0.15, 0.2) is 0 Å². The van der Waals surface area contributed by atoms with Crippen LogP contribution in [-0.4, -0.2) is 23.2 Å². The predicted octanol–water partition coefficient (Wildman–Crippen LogP) is 3.88. The highest BCUT2D eigenvalue weighted by molar-refractivity contribution is 5.67. The number of nitriles is 1. The van der Waals surface area contributed by atoms with Crippen LogP contribution in [0.25, 0.3) is 0 Å². The molecule has 2 aliphatic rings. The summed E-state index contributed by atoms with van der Waals surface area (Å²) in [4.78, 5) is 16.3. The van der Waals surface area contributed by atoms with E-state index in [0.29, 0.717) is 11.4 Å². The molecule has 0 unspecified atom stereocenters. The summed E-state index contributed by atoms with van der Waals surface area (Å²) in [7, 11) is 0. The van der Waals surface area contributed by atoms with Crippen LogP contribution in [-0.2, 0) is 11.3 Å². The summed E-state index contributed by atoms with van der Waals surface area (Å²) < 4.78 is 11.2. The largest absolute Gasteiger partial charge is 0.473 e. The number of nitrogens with zero attached hydrogens (tertiary/aromatic N) is 2. The first-order chi connectivity index (χ1) is 13.5. The molecule has 2 aliphatic carbocycles. The van der Waals surface area contributed by atoms with Crippen molar-refractivity contribution in [2.45, 2.75) is 51.4 Å². The number of hydrogen-bond donors (Lipinski definition) is 1. The average molecular weight is 377 g/mol. The van der Waals surface area contributed by atoms with Crippen LogP contribution in [0, 0.1) is 23.7 Å². The van der Waals surface area contributed by atoms with E-state index in [4.69, 9.17) is 9.47 Å². The number of carbonyl (C=O) groups is 1. The van der Waals surface area contributed by atoms with Crippen molar-refractivity contribution in [3.05, 3.63) is 59.3 Å². The van der Waals surface area contributed by atoms with Crippen LogP contribution in [0.15, 0.2) is 42.5 Å². The van der Waals surface area contributed by atoms with Crippen LogP contribution in [0.5, 0.6) is 5.88 Å². The highest BCUT2D eigenvalue weighted by Gasteiger charge is 2.54. The molecule has 0 atom stereocenters. The minimum Gasteiger partial charge on any atom is -0.473 e. The maximum atomic E-state index is 11.9. The van der Waals surface area contributed by atoms with Crippen LogP contribution in [0.2, 0.25) is 0 Å². The Morgan fingerprint density at radius 3 is 2.68 bits per heavy atom. The zero-order chi connectivity index (χ0) is 19.6. The van der Waals surface area contributed by atoms with Crippen LogP contribution in [0.1, 0.15) is 42.5 Å². The van der Waals surface area contributed by atoms with E-state index < -0.39 is 0 Å². The predicted molar refractivity (Wildman–Crippen MR) is 103 cm³/mol. The fourth-order valence-corrected chi connectivity index (χ4v) is 4.21. The monoisotopic (exact) mass is 377 g/mol. The van der Waals surface area contributed by atoms with E-state index in [0.717, 1.165) is 36.9 Å². The molecule has 6 heteroatoms. The molecule has 2 fully saturated rings. The van der Waals surface area contributed by atoms with Gasteiger partial charge in [-0.2, -0.15) is 5.26 Å². The molecule has 1 aromatic carbocycles. The second-order valence-electron chi connectivity index (χ2n) is 7.88. The molecule has 1 heterocycles. The summed E-state index contributed by atoms with van der Waals surface area (Å²) in [5.41, 5.74) is 2.53. The van der Waals surface area contributed by atoms with Crippen molar-refractivity contribution < 1.29 is 14.3 Å². The number of alkyl carbamates (subject to hydrolysis) is 1. The number of aryl methyl sites for hydroxylation is 1. The molecule has 1 amide bonds. The van der Waals surface area contributed by atoms with Gasteiger partial charge >= 0.3 is 6.09 Å². The Balaban J connectivity index is 1.19. The van der Waals surface area contributed by atoms with E-state index in [9.17, 15) is 10.1 Å². The van der Waals surface area contributed by atoms with E-state index in [1.165, 1.54) is 0 Å². The number of rotatable bonds is 5. The number of benzene rings is 1. The van der Waals surface area contributed by atoms with Gasteiger partial charge < -0.3 is 14.8 Å². The quantitative estimate of drug-likeness (QED) is 0.855. The zero-order valence-corrected chi connectivity index (χ0v) is 15.9. The number of nitrogens with one attached hydrogen (secondary N) is 1. The number of amides is 1. The standard InChI is InChI=1S/C22H23N3O3/c1-15-7-8-17(13-23)20(24-15)28-19-11-22(12-19)9-18(10-22)25-21(26)27-14-16-5-3-2-4-6-16/h2-8,18-19H,9-12,14H2,1H3,(H,25,26). The fourth-order valence-electron chi connectivity index (χ4n) is 4.21. The lowest BCUT2D eigenvalue weighted by molar-refractivity contribution is -0.0857. The Morgan fingerprint density at radius 2 is 1.96 bits per heavy atom. The van der Waals surface area contributed by atoms with Gasteiger partial charge in [-0.15, -0.1) is 0 Å². The molecule has 6 nitrogen and oxygen atoms in total. The lowest BCUT2D eigenvalue weighted by atomic mass is 9.53. The summed E-state index contributed by atoms with van der Waals surface area (Å²) in [6.07, 6.45) is 3.49. The van der Waals surface area contributed by atoms with Crippen LogP contribution in [0.3, 0.4) is 0 Å². The van der Waals surface area contributed by atoms with Gasteiger partial charge in [-0.05, 0) is 55.7 Å². The summed E-state index contributed by atoms with van der Waals surface area (Å²) in [6.45, 7) is 2.17. The maximum Gasteiger partial charge on any atom is 0.407 e. The molecule has 2 aromatic rings. The van der Waals surface area contributed by atoms with Crippen molar-refractivity contribution in [3.63, 3.8) is 0 Å². The highest BCUT2D eigenvalue weighted by atomic mass is 16.5. The third-order valence-corrected chi connectivity index (χ3v) is 5.61. The van der Waals surface area contributed by atoms with Crippen molar-refractivity contribution in [2.24, 2.45) is 5.41 Å². The molecule has 2 saturated carbocycles. The Morgan fingerprint density at radius 1 is 1.21 bits per heavy atom. The molecule has 28 heavy (non-hydrogen) atoms. The molecule has 0 radical (unpaired) electrons. The number of pyridine rings is 1. The molecule has 144 valence electrons. The number of ether oxygens (including phenoxy) is 2. The Bertz CT molecular complexity index is 893. The summed E-state index contributed by atoms with van der Waals surface area (Å²) in [5, 5.41) is 12.1. The molecule has 1 N–H and O–H groups in total. The molecule has 1 spiro atoms. The SMILES string of the molecule is Cc1ccc(C#N)c(OC2CC3(CC(NC(=O)OCc4ccccc4)C3)C2)n1. The third-order valence-electron chi connectivity index (χ3n) is 5.61. The summed E-state index contributed by atoms with van der Waals surface area (Å²) >= 11 is 0. The average Bonchev–Trinajstić information content (AvgIpc) is 2.64. The highest BCUT2D eigenvalue weighted by Crippen LogP contribution is 2.56. The topological polar surface area (TPSA) is 84.2 Å². The van der Waals surface area contributed by atoms with Crippen molar-refractivity contribution in [3.8, 4) is 11.9 Å². The lowest BCUT2D eigenvalue weighted by Gasteiger charge is -2.56. The molecule has 0 aliphatic heterocycles. The Kier molecular flexibility index (Phi) is 4.91. The van der Waals surface area contributed by atoms with Crippen molar-refractivity contribution in [2.75, 3.05) is 0 Å². The van der Waals surface area contributed by atoms with Crippen molar-refractivity contribution in [1.82, 2.24) is 10.3 Å². The maximum absolute atomic E-state index is 11.9. The molecule has 0 bridgehead atoms. The number of hydrogen-bond acceptors (Lipinski definition) is 5. The van der Waals surface area contributed by atoms with Gasteiger partial charge in [0, 0.05) is 11.7 Å². The van der Waals surface area contributed by atoms with Crippen LogP contribution >= 0.6 is 0 Å². The van der Waals surface area contributed by atoms with Crippen LogP contribution in [0.4, 0.5) is 4.79 Å². The third kappa shape index (κ3) is 3.94. The molecular weight excluding hydrogens is 354 g/mol. The first-order valence-corrected chi connectivity index (χ1v) is 9.57. The normalized spacial score (nSPS) is 25.1. The minimum absolute atomic E-state index is 0.0902. The van der Waals surface area contributed by atoms with Gasteiger partial charge in [0.05, 0.1) is 0 Å². The van der Waals surface area contributed by atoms with E-state index in [2.05, 4.69) is 16.4 Å². The Hall–Kier alpha value is -3.07. The molecular formula is C22H23N3O3. The lowest BCUT2D eigenvalue weighted by Crippen LogP contribution is -2.58. The van der Waals surface area contributed by atoms with E-state index in [1.807, 2.05) is 43.3 Å². The second-order valence-corrected chi connectivity index (χ2v) is 7.88. The molecule has 1 aromatic heterocycles. The first kappa shape index (κ1) is 18.3. The van der Waals surface area contributed by atoms with E-state index in [-0.39, 0.29) is 30.3 Å². The van der Waals surface area contributed by atoms with E-state index >= 15 is 0 Å². The minimum atomic E-state index is -0.363. The molecule has 4 rings (SSSR count). The molecule has 0 saturated heterocycles. The van der Waals surface area contributed by atoms with E-state index in [1.54, 1.807) is 6.07 Å². The second kappa shape index (κ2) is 7.51. The first-order valence-electron chi connectivity index (χ1n) is 9.57. The van der Waals surface area contributed by atoms with Crippen LogP contribution < -0.4 is 10.1 Å². The summed E-state index contributed by atoms with van der Waals surface area (Å²) in [6, 6.07) is 15.5. The summed E-state index contributed by atoms with van der Waals surface area (Å²) in [5.74, 6) is 0.431. The fraction of sp³-hybridized carbons (Fsp3) is 0.409. The van der Waals surface area contributed by atoms with Crippen molar-refractivity contribution in [1.29, 1.82) is 5.26 Å².